The van der Waals surface area contributed by atoms with Crippen LogP contribution in [0.1, 0.15) is 9.67 Å². The number of methoxy groups -OCH3 is 3. The van der Waals surface area contributed by atoms with Crippen LogP contribution in [0.15, 0.2) is 78.3 Å². The van der Waals surface area contributed by atoms with E-state index in [0.29, 0.717) is 48.9 Å². The molecule has 9 nitrogen and oxygen atoms in total. The van der Waals surface area contributed by atoms with Gasteiger partial charge in [0.1, 0.15) is 15.4 Å². The van der Waals surface area contributed by atoms with Gasteiger partial charge in [0.15, 0.2) is 16.6 Å². The van der Waals surface area contributed by atoms with Gasteiger partial charge in [0.2, 0.25) is 5.75 Å². The number of thiophene rings is 1. The van der Waals surface area contributed by atoms with Crippen LogP contribution in [0.3, 0.4) is 0 Å². The molecule has 2 aromatic carbocycles. The summed E-state index contributed by atoms with van der Waals surface area (Å²) >= 11 is 2.55. The van der Waals surface area contributed by atoms with E-state index in [-0.39, 0.29) is 5.91 Å². The Morgan fingerprint density at radius 3 is 2.24 bits per heavy atom. The van der Waals surface area contributed by atoms with Crippen molar-refractivity contribution in [2.75, 3.05) is 32.4 Å². The van der Waals surface area contributed by atoms with Crippen LogP contribution < -0.4 is 25.3 Å². The number of nitrogens with one attached hydrogen (secondary N) is 1. The highest BCUT2D eigenvalue weighted by molar-refractivity contribution is 7.21. The van der Waals surface area contributed by atoms with Gasteiger partial charge in [-0.1, -0.05) is 36.4 Å². The van der Waals surface area contributed by atoms with Gasteiger partial charge in [0, 0.05) is 22.5 Å². The lowest BCUT2D eigenvalue weighted by molar-refractivity contribution is 0.103. The number of benzene rings is 2. The second kappa shape index (κ2) is 11.5. The van der Waals surface area contributed by atoms with Crippen molar-refractivity contribution in [3.8, 4) is 51.0 Å². The molecule has 3 N–H and O–H groups in total. The van der Waals surface area contributed by atoms with Crippen molar-refractivity contribution in [3.05, 3.63) is 83.2 Å². The fourth-order valence-electron chi connectivity index (χ4n) is 4.63. The second-order valence-corrected chi connectivity index (χ2v) is 10.9. The van der Waals surface area contributed by atoms with E-state index in [1.54, 1.807) is 27.5 Å². The molecule has 11 heteroatoms. The molecule has 0 atom stereocenters. The maximum absolute atomic E-state index is 13.5. The van der Waals surface area contributed by atoms with E-state index in [4.69, 9.17) is 24.9 Å². The molecule has 0 spiro atoms. The number of carbonyl (C=O) groups excluding carboxylic acids is 1. The molecule has 1 amide bonds. The molecule has 0 saturated carbocycles. The monoisotopic (exact) mass is 595 g/mol. The molecule has 210 valence electrons. The number of amides is 1. The van der Waals surface area contributed by atoms with Gasteiger partial charge in [-0.15, -0.1) is 22.7 Å². The van der Waals surface area contributed by atoms with E-state index >= 15 is 0 Å². The summed E-state index contributed by atoms with van der Waals surface area (Å²) in [5.74, 6) is 1.10. The fraction of sp³-hybridized carbons (Fsp3) is 0.0968. The van der Waals surface area contributed by atoms with Gasteiger partial charge in [-0.25, -0.2) is 9.97 Å². The molecule has 0 fully saturated rings. The first-order chi connectivity index (χ1) is 20.5. The summed E-state index contributed by atoms with van der Waals surface area (Å²) in [5.41, 5.74) is 11.6. The number of pyridine rings is 2. The predicted octanol–water partition coefficient (Wildman–Crippen LogP) is 7.01. The number of fused-ring (bicyclic) bond motifs is 1. The quantitative estimate of drug-likeness (QED) is 0.193. The highest BCUT2D eigenvalue weighted by Gasteiger charge is 2.24. The van der Waals surface area contributed by atoms with Crippen molar-refractivity contribution in [1.29, 1.82) is 0 Å². The topological polar surface area (TPSA) is 121 Å². The van der Waals surface area contributed by atoms with E-state index in [9.17, 15) is 4.79 Å². The summed E-state index contributed by atoms with van der Waals surface area (Å²) in [4.78, 5) is 28.3. The van der Waals surface area contributed by atoms with Crippen molar-refractivity contribution in [2.45, 2.75) is 0 Å². The Morgan fingerprint density at radius 2 is 1.57 bits per heavy atom. The second-order valence-electron chi connectivity index (χ2n) is 9.07. The largest absolute Gasteiger partial charge is 0.493 e. The van der Waals surface area contributed by atoms with E-state index in [1.165, 1.54) is 22.7 Å². The van der Waals surface area contributed by atoms with Crippen molar-refractivity contribution >= 4 is 49.6 Å². The normalized spacial score (nSPS) is 10.9. The average molecular weight is 596 g/mol. The summed E-state index contributed by atoms with van der Waals surface area (Å²) in [6, 6.07) is 21.1. The van der Waals surface area contributed by atoms with Crippen LogP contribution in [0, 0.1) is 0 Å². The summed E-state index contributed by atoms with van der Waals surface area (Å²) in [7, 11) is 4.69. The number of carbonyl (C=O) groups is 1. The first-order valence-corrected chi connectivity index (χ1v) is 14.5. The van der Waals surface area contributed by atoms with E-state index in [2.05, 4.69) is 15.3 Å². The van der Waals surface area contributed by atoms with Crippen LogP contribution >= 0.6 is 22.7 Å². The molecular formula is C31H25N5O4S2. The number of nitrogen functional groups attached to an aromatic ring is 1. The van der Waals surface area contributed by atoms with Crippen molar-refractivity contribution < 1.29 is 19.0 Å². The Bertz CT molecular complexity index is 1880. The Hall–Kier alpha value is -5.00. The lowest BCUT2D eigenvalue weighted by Crippen LogP contribution is -2.11. The molecule has 0 saturated heterocycles. The first kappa shape index (κ1) is 27.2. The van der Waals surface area contributed by atoms with Crippen LogP contribution in [0.2, 0.25) is 0 Å². The van der Waals surface area contributed by atoms with Gasteiger partial charge in [-0.3, -0.25) is 15.1 Å². The van der Waals surface area contributed by atoms with Gasteiger partial charge < -0.3 is 19.9 Å². The predicted molar refractivity (Wildman–Crippen MR) is 168 cm³/mol. The third-order valence-corrected chi connectivity index (χ3v) is 8.46. The Kier molecular flexibility index (Phi) is 7.43. The smallest absolute Gasteiger partial charge is 0.269 e. The Morgan fingerprint density at radius 1 is 0.833 bits per heavy atom. The van der Waals surface area contributed by atoms with Gasteiger partial charge in [-0.05, 0) is 41.5 Å². The minimum atomic E-state index is -0.366. The molecule has 42 heavy (non-hydrogen) atoms. The zero-order chi connectivity index (χ0) is 29.2. The number of nitrogens with zero attached hydrogens (tertiary/aromatic N) is 3. The lowest BCUT2D eigenvalue weighted by Gasteiger charge is -2.15. The van der Waals surface area contributed by atoms with Crippen LogP contribution in [-0.4, -0.2) is 42.2 Å². The number of ether oxygens (including phenoxy) is 3. The van der Waals surface area contributed by atoms with Gasteiger partial charge in [-0.2, -0.15) is 0 Å². The van der Waals surface area contributed by atoms with Crippen LogP contribution in [0.25, 0.3) is 44.0 Å². The Labute approximate surface area is 249 Å². The zero-order valence-corrected chi connectivity index (χ0v) is 24.5. The van der Waals surface area contributed by atoms with E-state index in [1.807, 2.05) is 72.1 Å². The van der Waals surface area contributed by atoms with Crippen molar-refractivity contribution in [2.24, 2.45) is 0 Å². The molecule has 6 rings (SSSR count). The summed E-state index contributed by atoms with van der Waals surface area (Å²) in [6.07, 6.45) is 1.70. The molecule has 0 radical (unpaired) electrons. The maximum Gasteiger partial charge on any atom is 0.269 e. The molecule has 0 bridgehead atoms. The number of thiazole rings is 1. The number of nitrogens with two attached hydrogens (primary N) is 1. The number of aromatic nitrogens is 3. The van der Waals surface area contributed by atoms with E-state index in [0.717, 1.165) is 28.1 Å². The molecule has 6 aromatic rings. The summed E-state index contributed by atoms with van der Waals surface area (Å²) in [5, 5.41) is 5.85. The van der Waals surface area contributed by atoms with Gasteiger partial charge >= 0.3 is 0 Å². The minimum Gasteiger partial charge on any atom is -0.493 e. The Balaban J connectivity index is 1.47. The van der Waals surface area contributed by atoms with Crippen molar-refractivity contribution in [1.82, 2.24) is 15.0 Å². The summed E-state index contributed by atoms with van der Waals surface area (Å²) in [6.45, 7) is 0. The van der Waals surface area contributed by atoms with Crippen LogP contribution in [-0.2, 0) is 0 Å². The van der Waals surface area contributed by atoms with Gasteiger partial charge in [0.25, 0.3) is 5.91 Å². The standard InChI is InChI=1S/C31H25N5O4S2/c1-38-23-13-18(14-24(39-2)27(23)40-3)19-15-21(17-9-5-4-6-10-17)34-30-25(19)26(32)28(42-30)29(37)36-31-35-22(16-41-31)20-11-7-8-12-33-20/h4-16H,32H2,1-3H3,(H,35,36,37). The number of anilines is 2. The molecule has 0 aliphatic carbocycles. The maximum atomic E-state index is 13.5. The molecule has 0 aliphatic heterocycles. The summed E-state index contributed by atoms with van der Waals surface area (Å²) < 4.78 is 16.8. The molecule has 0 aliphatic rings. The molecule has 0 unspecified atom stereocenters. The fourth-order valence-corrected chi connectivity index (χ4v) is 6.34. The first-order valence-electron chi connectivity index (χ1n) is 12.8. The highest BCUT2D eigenvalue weighted by Crippen LogP contribution is 2.46. The average Bonchev–Trinajstić information content (AvgIpc) is 3.64. The highest BCUT2D eigenvalue weighted by atomic mass is 32.1. The number of rotatable bonds is 8. The molecule has 4 aromatic heterocycles. The molecular weight excluding hydrogens is 571 g/mol. The van der Waals surface area contributed by atoms with Gasteiger partial charge in [0.05, 0.1) is 38.4 Å². The van der Waals surface area contributed by atoms with Crippen LogP contribution in [0.5, 0.6) is 17.2 Å². The third-order valence-electron chi connectivity index (χ3n) is 6.60. The number of hydrogen-bond acceptors (Lipinski definition) is 10. The minimum absolute atomic E-state index is 0.324. The molecule has 4 heterocycles. The lowest BCUT2D eigenvalue weighted by atomic mass is 9.98. The third kappa shape index (κ3) is 5.00. The zero-order valence-electron chi connectivity index (χ0n) is 22.9. The van der Waals surface area contributed by atoms with Crippen molar-refractivity contribution in [3.63, 3.8) is 0 Å². The number of hydrogen-bond donors (Lipinski definition) is 2. The SMILES string of the molecule is COc1cc(-c2cc(-c3ccccc3)nc3sc(C(=O)Nc4nc(-c5ccccn5)cs4)c(N)c23)cc(OC)c1OC. The van der Waals surface area contributed by atoms with E-state index < -0.39 is 0 Å². The van der Waals surface area contributed by atoms with Crippen LogP contribution in [0.4, 0.5) is 10.8 Å².